The van der Waals surface area contributed by atoms with Crippen molar-refractivity contribution in [2.75, 3.05) is 56.0 Å². The standard InChI is InChI=1S/C24H26ClF3N4O3/c25-17-2-1-3-19(12-17)31-8-10-32(11-9-31)22(34)15-30-7-6-16(14-30)23(35)29-18-4-5-21(33)20(13-18)24(26,27)28/h1-5,12-13,16,33H,6-11,14-15H2,(H,29,35)/t16-/m1/s1. The Morgan fingerprint density at radius 1 is 1.06 bits per heavy atom. The van der Waals surface area contributed by atoms with E-state index >= 15 is 0 Å². The molecule has 2 heterocycles. The van der Waals surface area contributed by atoms with Gasteiger partial charge in [0.15, 0.2) is 0 Å². The first-order valence-corrected chi connectivity index (χ1v) is 11.7. The molecule has 0 unspecified atom stereocenters. The monoisotopic (exact) mass is 510 g/mol. The summed E-state index contributed by atoms with van der Waals surface area (Å²) in [7, 11) is 0. The predicted octanol–water partition coefficient (Wildman–Crippen LogP) is 3.67. The number of nitrogens with zero attached hydrogens (tertiary/aromatic N) is 3. The fourth-order valence-corrected chi connectivity index (χ4v) is 4.64. The topological polar surface area (TPSA) is 76.1 Å². The molecule has 2 aromatic rings. The van der Waals surface area contributed by atoms with Gasteiger partial charge in [-0.25, -0.2) is 0 Å². The van der Waals surface area contributed by atoms with Crippen LogP contribution < -0.4 is 10.2 Å². The molecule has 0 bridgehead atoms. The zero-order valence-electron chi connectivity index (χ0n) is 18.9. The molecule has 0 spiro atoms. The molecule has 2 amide bonds. The van der Waals surface area contributed by atoms with Gasteiger partial charge in [0.25, 0.3) is 0 Å². The molecule has 0 saturated carbocycles. The van der Waals surface area contributed by atoms with Crippen molar-refractivity contribution in [2.24, 2.45) is 5.92 Å². The highest BCUT2D eigenvalue weighted by Gasteiger charge is 2.35. The van der Waals surface area contributed by atoms with Gasteiger partial charge in [-0.1, -0.05) is 17.7 Å². The Kier molecular flexibility index (Phi) is 7.42. The van der Waals surface area contributed by atoms with Gasteiger partial charge < -0.3 is 20.2 Å². The van der Waals surface area contributed by atoms with E-state index in [1.54, 1.807) is 0 Å². The molecule has 2 saturated heterocycles. The van der Waals surface area contributed by atoms with Crippen LogP contribution in [0.3, 0.4) is 0 Å². The highest BCUT2D eigenvalue weighted by atomic mass is 35.5. The van der Waals surface area contributed by atoms with E-state index in [9.17, 15) is 27.9 Å². The summed E-state index contributed by atoms with van der Waals surface area (Å²) in [6, 6.07) is 10.4. The van der Waals surface area contributed by atoms with Crippen molar-refractivity contribution in [1.29, 1.82) is 0 Å². The van der Waals surface area contributed by atoms with Crippen molar-refractivity contribution < 1.29 is 27.9 Å². The van der Waals surface area contributed by atoms with Crippen molar-refractivity contribution in [2.45, 2.75) is 12.6 Å². The fourth-order valence-electron chi connectivity index (χ4n) is 4.45. The number of hydrogen-bond donors (Lipinski definition) is 2. The van der Waals surface area contributed by atoms with E-state index in [-0.39, 0.29) is 18.1 Å². The molecule has 0 aromatic heterocycles. The molecule has 7 nitrogen and oxygen atoms in total. The number of carbonyl (C=O) groups excluding carboxylic acids is 2. The number of anilines is 2. The Morgan fingerprint density at radius 3 is 2.49 bits per heavy atom. The Hall–Kier alpha value is -2.98. The van der Waals surface area contributed by atoms with E-state index in [2.05, 4.69) is 10.2 Å². The van der Waals surface area contributed by atoms with Crippen LogP contribution in [0.2, 0.25) is 5.02 Å². The smallest absolute Gasteiger partial charge is 0.420 e. The lowest BCUT2D eigenvalue weighted by molar-refractivity contribution is -0.138. The second-order valence-corrected chi connectivity index (χ2v) is 9.22. The lowest BCUT2D eigenvalue weighted by Gasteiger charge is -2.36. The Bertz CT molecular complexity index is 1090. The molecule has 188 valence electrons. The molecule has 2 aromatic carbocycles. The van der Waals surface area contributed by atoms with Crippen molar-refractivity contribution in [3.8, 4) is 5.75 Å². The summed E-state index contributed by atoms with van der Waals surface area (Å²) in [4.78, 5) is 31.3. The first-order chi connectivity index (χ1) is 16.6. The third-order valence-corrected chi connectivity index (χ3v) is 6.61. The molecule has 0 aliphatic carbocycles. The molecular weight excluding hydrogens is 485 g/mol. The van der Waals surface area contributed by atoms with Gasteiger partial charge in [-0.05, 0) is 49.4 Å². The van der Waals surface area contributed by atoms with Gasteiger partial charge in [0.05, 0.1) is 18.0 Å². The SMILES string of the molecule is O=C(Nc1ccc(O)c(C(F)(F)F)c1)[C@@H]1CCN(CC(=O)N2CCN(c3cccc(Cl)c3)CC2)C1. The maximum atomic E-state index is 13.0. The van der Waals surface area contributed by atoms with Crippen LogP contribution in [0.15, 0.2) is 42.5 Å². The van der Waals surface area contributed by atoms with E-state index < -0.39 is 29.3 Å². The minimum atomic E-state index is -4.73. The van der Waals surface area contributed by atoms with Crippen molar-refractivity contribution in [1.82, 2.24) is 9.80 Å². The predicted molar refractivity (Wildman–Crippen MR) is 127 cm³/mol. The lowest BCUT2D eigenvalue weighted by Crippen LogP contribution is -2.51. The zero-order valence-corrected chi connectivity index (χ0v) is 19.6. The van der Waals surface area contributed by atoms with Gasteiger partial charge in [-0.2, -0.15) is 13.2 Å². The van der Waals surface area contributed by atoms with Gasteiger partial charge >= 0.3 is 6.18 Å². The van der Waals surface area contributed by atoms with Crippen LogP contribution in [0, 0.1) is 5.92 Å². The number of halogens is 4. The van der Waals surface area contributed by atoms with Crippen LogP contribution in [0.5, 0.6) is 5.75 Å². The quantitative estimate of drug-likeness (QED) is 0.600. The first-order valence-electron chi connectivity index (χ1n) is 11.3. The summed E-state index contributed by atoms with van der Waals surface area (Å²) in [6.45, 7) is 3.67. The number of aromatic hydroxyl groups is 1. The number of phenols is 1. The average Bonchev–Trinajstić information content (AvgIpc) is 3.28. The molecule has 11 heteroatoms. The van der Waals surface area contributed by atoms with Crippen LogP contribution >= 0.6 is 11.6 Å². The summed E-state index contributed by atoms with van der Waals surface area (Å²) in [5, 5.41) is 12.6. The minimum Gasteiger partial charge on any atom is -0.507 e. The van der Waals surface area contributed by atoms with Crippen LogP contribution in [-0.2, 0) is 15.8 Å². The summed E-state index contributed by atoms with van der Waals surface area (Å²) in [6.07, 6.45) is -4.22. The molecule has 35 heavy (non-hydrogen) atoms. The number of nitrogens with one attached hydrogen (secondary N) is 1. The maximum absolute atomic E-state index is 13.0. The number of benzene rings is 2. The Morgan fingerprint density at radius 2 is 1.80 bits per heavy atom. The second kappa shape index (κ2) is 10.3. The molecule has 2 aliphatic rings. The first kappa shape index (κ1) is 25.1. The summed E-state index contributed by atoms with van der Waals surface area (Å²) in [5.41, 5.74) is -0.217. The molecule has 1 atom stereocenters. The van der Waals surface area contributed by atoms with Crippen LogP contribution in [0.4, 0.5) is 24.5 Å². The highest BCUT2D eigenvalue weighted by molar-refractivity contribution is 6.30. The zero-order chi connectivity index (χ0) is 25.2. The van der Waals surface area contributed by atoms with E-state index in [1.165, 1.54) is 6.07 Å². The summed E-state index contributed by atoms with van der Waals surface area (Å²) in [5.74, 6) is -1.75. The van der Waals surface area contributed by atoms with Crippen molar-refractivity contribution >= 4 is 34.8 Å². The number of likely N-dealkylation sites (tertiary alicyclic amines) is 1. The van der Waals surface area contributed by atoms with E-state index in [0.717, 1.165) is 11.8 Å². The summed E-state index contributed by atoms with van der Waals surface area (Å²) >= 11 is 6.07. The van der Waals surface area contributed by atoms with Crippen LogP contribution in [-0.4, -0.2) is 72.5 Å². The minimum absolute atomic E-state index is 0.00911. The van der Waals surface area contributed by atoms with Gasteiger partial charge in [-0.15, -0.1) is 0 Å². The maximum Gasteiger partial charge on any atom is 0.420 e. The lowest BCUT2D eigenvalue weighted by atomic mass is 10.1. The number of alkyl halides is 3. The van der Waals surface area contributed by atoms with Gasteiger partial charge in [0.2, 0.25) is 11.8 Å². The summed E-state index contributed by atoms with van der Waals surface area (Å²) < 4.78 is 39.0. The Labute approximate surface area is 206 Å². The Balaban J connectivity index is 1.25. The molecule has 2 aliphatic heterocycles. The van der Waals surface area contributed by atoms with Crippen molar-refractivity contribution in [3.63, 3.8) is 0 Å². The fraction of sp³-hybridized carbons (Fsp3) is 0.417. The third kappa shape index (κ3) is 6.18. The highest BCUT2D eigenvalue weighted by Crippen LogP contribution is 2.37. The molecular formula is C24H26ClF3N4O3. The number of phenolic OH excluding ortho intramolecular Hbond substituents is 1. The normalized spacial score (nSPS) is 19.1. The molecule has 4 rings (SSSR count). The molecule has 0 radical (unpaired) electrons. The van der Waals surface area contributed by atoms with E-state index in [1.807, 2.05) is 34.1 Å². The van der Waals surface area contributed by atoms with Gasteiger partial charge in [0, 0.05) is 49.1 Å². The van der Waals surface area contributed by atoms with E-state index in [4.69, 9.17) is 11.6 Å². The van der Waals surface area contributed by atoms with Crippen LogP contribution in [0.25, 0.3) is 0 Å². The number of carbonyl (C=O) groups is 2. The number of piperazine rings is 1. The largest absolute Gasteiger partial charge is 0.507 e. The number of amides is 2. The molecule has 2 N–H and O–H groups in total. The average molecular weight is 511 g/mol. The number of rotatable bonds is 5. The van der Waals surface area contributed by atoms with Gasteiger partial charge in [-0.3, -0.25) is 14.5 Å². The van der Waals surface area contributed by atoms with Gasteiger partial charge in [0.1, 0.15) is 5.75 Å². The van der Waals surface area contributed by atoms with Crippen LogP contribution in [0.1, 0.15) is 12.0 Å². The van der Waals surface area contributed by atoms with Crippen molar-refractivity contribution in [3.05, 3.63) is 53.1 Å². The third-order valence-electron chi connectivity index (χ3n) is 6.38. The molecule has 2 fully saturated rings. The number of hydrogen-bond acceptors (Lipinski definition) is 5. The van der Waals surface area contributed by atoms with E-state index in [0.29, 0.717) is 56.8 Å². The second-order valence-electron chi connectivity index (χ2n) is 8.79.